The van der Waals surface area contributed by atoms with Gasteiger partial charge in [-0.25, -0.2) is 47.9 Å². The summed E-state index contributed by atoms with van der Waals surface area (Å²) in [6, 6.07) is 29.7. The van der Waals surface area contributed by atoms with Crippen LogP contribution in [0.5, 0.6) is 0 Å². The number of rotatable bonds is 32. The molecule has 0 unspecified atom stereocenters. The van der Waals surface area contributed by atoms with Crippen LogP contribution in [0.15, 0.2) is 155 Å². The Morgan fingerprint density at radius 2 is 0.675 bits per heavy atom. The molecule has 36 nitrogen and oxygen atoms in total. The lowest BCUT2D eigenvalue weighted by Crippen LogP contribution is -2.65. The van der Waals surface area contributed by atoms with Crippen LogP contribution < -0.4 is 42.5 Å². The van der Waals surface area contributed by atoms with Gasteiger partial charge in [0.1, 0.15) is 35.6 Å². The summed E-state index contributed by atoms with van der Waals surface area (Å²) >= 11 is 0. The van der Waals surface area contributed by atoms with Gasteiger partial charge in [0.2, 0.25) is 35.3 Å². The lowest BCUT2D eigenvalue weighted by molar-refractivity contribution is -0.154. The first-order valence-electron chi connectivity index (χ1n) is 40.9. The second-order valence-electron chi connectivity index (χ2n) is 33.3. The van der Waals surface area contributed by atoms with Gasteiger partial charge in [-0.3, -0.25) is 20.2 Å². The van der Waals surface area contributed by atoms with E-state index in [0.717, 1.165) is 44.9 Å². The van der Waals surface area contributed by atoms with Crippen molar-refractivity contribution in [2.75, 3.05) is 26.3 Å². The maximum absolute atomic E-state index is 14.8. The van der Waals surface area contributed by atoms with E-state index < -0.39 is 205 Å². The molecule has 0 radical (unpaired) electrons. The Hall–Kier alpha value is -12.7. The standard InChI is InChI=1S/C87H114N10O26/c1-52(98)90-64-58(92-74(94-78(104)120-84(3,4)5)95-79(105)121-85(6,7)8)48-60(72(100)116-66(54-38-28-24-29-39-54)55-40-30-25-31-41-55)112-70(64)68(62-50-110-82(108)114-62)118-76(102)88-46-36-22-20-18-16-15-17-19-21-23-37-47-89-77(103)119-69(63-51-111-83(109)115-63)71-65(91-53(2)99)59(93-75(96-80(106)122-86(9,10)11)97-81(107)123-87(12,13)14)49-61(113-71)73(101)117-67(56-42-32-26-33-43-56)57-44-34-27-35-45-57/h24-35,38-45,48-49,58-59,62-71H,15-23,36-37,46-47,50-51H2,1-14H3,(H,88,102)(H,89,103)(H,90,98)(H,91,99)(H2,92,94,95,104,105)(H2,93,96,97,106,107)/t58-,59-,62+,63+,64+,65+,68+,69+,70+,71+/m0/s1. The number of benzene rings is 4. The van der Waals surface area contributed by atoms with Crippen LogP contribution in [0.3, 0.4) is 0 Å². The van der Waals surface area contributed by atoms with Crippen molar-refractivity contribution in [2.45, 2.75) is 263 Å². The Labute approximate surface area is 714 Å². The summed E-state index contributed by atoms with van der Waals surface area (Å²) in [6.07, 6.45) is -9.02. The van der Waals surface area contributed by atoms with E-state index in [9.17, 15) is 57.5 Å². The Kier molecular flexibility index (Phi) is 35.3. The molecule has 4 aromatic rings. The molecule has 4 aromatic carbocycles. The smallest absolute Gasteiger partial charge is 0.477 e. The number of ether oxygens (including phenoxy) is 14. The highest BCUT2D eigenvalue weighted by Gasteiger charge is 2.53. The molecule has 0 aliphatic carbocycles. The van der Waals surface area contributed by atoms with Crippen LogP contribution in [0.1, 0.15) is 202 Å². The highest BCUT2D eigenvalue weighted by Crippen LogP contribution is 2.35. The van der Waals surface area contributed by atoms with Crippen LogP contribution in [0.2, 0.25) is 0 Å². The van der Waals surface area contributed by atoms with E-state index in [4.69, 9.17) is 66.3 Å². The number of amides is 8. The van der Waals surface area contributed by atoms with Crippen molar-refractivity contribution in [3.05, 3.63) is 167 Å². The molecule has 0 spiro atoms. The molecule has 0 bridgehead atoms. The molecule has 2 saturated heterocycles. The van der Waals surface area contributed by atoms with Gasteiger partial charge in [0, 0.05) is 26.9 Å². The van der Waals surface area contributed by atoms with Gasteiger partial charge in [-0.1, -0.05) is 179 Å². The first-order chi connectivity index (χ1) is 58.2. The Bertz CT molecular complexity index is 4040. The predicted octanol–water partition coefficient (Wildman–Crippen LogP) is 12.3. The van der Waals surface area contributed by atoms with Crippen LogP contribution in [0.4, 0.5) is 38.4 Å². The van der Waals surface area contributed by atoms with Gasteiger partial charge in [0.15, 0.2) is 48.8 Å². The number of guanidine groups is 2. The monoisotopic (exact) mass is 1710 g/mol. The summed E-state index contributed by atoms with van der Waals surface area (Å²) in [4.78, 5) is 171. The van der Waals surface area contributed by atoms with Crippen molar-refractivity contribution in [1.29, 1.82) is 0 Å². The lowest BCUT2D eigenvalue weighted by atomic mass is 9.91. The Balaban J connectivity index is 0.871. The fourth-order valence-corrected chi connectivity index (χ4v) is 13.1. The van der Waals surface area contributed by atoms with Crippen molar-refractivity contribution < 1.29 is 124 Å². The number of alkyl carbamates (subject to hydrolysis) is 4. The van der Waals surface area contributed by atoms with E-state index in [2.05, 4.69) is 52.5 Å². The average Bonchev–Trinajstić information content (AvgIpc) is 1.67. The van der Waals surface area contributed by atoms with Crippen molar-refractivity contribution in [1.82, 2.24) is 42.5 Å². The number of aliphatic imine (C=N–C) groups is 2. The third-order valence-corrected chi connectivity index (χ3v) is 18.2. The number of hydrogen-bond donors (Lipinski definition) is 8. The number of cyclic esters (lactones) is 4. The maximum Gasteiger partial charge on any atom is 0.508 e. The summed E-state index contributed by atoms with van der Waals surface area (Å²) in [7, 11) is 0. The van der Waals surface area contributed by atoms with Crippen molar-refractivity contribution in [2.24, 2.45) is 9.98 Å². The van der Waals surface area contributed by atoms with Crippen LogP contribution in [0, 0.1) is 0 Å². The number of esters is 2. The Morgan fingerprint density at radius 1 is 0.382 bits per heavy atom. The van der Waals surface area contributed by atoms with Gasteiger partial charge in [-0.15, -0.1) is 9.98 Å². The molecule has 2 fully saturated rings. The summed E-state index contributed by atoms with van der Waals surface area (Å²) in [6.45, 7) is 20.9. The zero-order valence-electron chi connectivity index (χ0n) is 71.7. The number of unbranched alkanes of at least 4 members (excludes halogenated alkanes) is 10. The third-order valence-electron chi connectivity index (χ3n) is 18.2. The first kappa shape index (κ1) is 95.8. The zero-order valence-corrected chi connectivity index (χ0v) is 71.7. The van der Waals surface area contributed by atoms with E-state index in [1.165, 1.54) is 26.0 Å². The molecule has 8 N–H and O–H groups in total. The summed E-state index contributed by atoms with van der Waals surface area (Å²) < 4.78 is 80.8. The molecule has 0 saturated carbocycles. The van der Waals surface area contributed by atoms with Gasteiger partial charge in [0.05, 0.1) is 24.2 Å². The normalized spacial score (nSPS) is 19.5. The molecule has 4 aliphatic heterocycles. The van der Waals surface area contributed by atoms with Crippen LogP contribution in [-0.2, 0) is 85.5 Å². The minimum Gasteiger partial charge on any atom is -0.477 e. The highest BCUT2D eigenvalue weighted by molar-refractivity contribution is 6.00. The molecule has 8 rings (SSSR count). The van der Waals surface area contributed by atoms with E-state index in [1.54, 1.807) is 204 Å². The van der Waals surface area contributed by atoms with Gasteiger partial charge >= 0.3 is 60.8 Å². The minimum absolute atomic E-state index is 0.136. The fraction of sp³-hybridized carbons (Fsp3) is 0.517. The minimum atomic E-state index is -1.66. The first-order valence-corrected chi connectivity index (χ1v) is 40.9. The number of carbonyl (C=O) groups is 12. The van der Waals surface area contributed by atoms with Crippen LogP contribution in [-0.4, -0.2) is 194 Å². The lowest BCUT2D eigenvalue weighted by Gasteiger charge is -2.41. The van der Waals surface area contributed by atoms with E-state index in [1.807, 2.05) is 0 Å². The summed E-state index contributed by atoms with van der Waals surface area (Å²) in [5.41, 5.74) is -1.88. The van der Waals surface area contributed by atoms with Gasteiger partial charge in [-0.05, 0) is 130 Å². The number of hydrogen-bond acceptors (Lipinski definition) is 26. The Morgan fingerprint density at radius 3 is 0.943 bits per heavy atom. The van der Waals surface area contributed by atoms with E-state index >= 15 is 0 Å². The van der Waals surface area contributed by atoms with Gasteiger partial charge in [-0.2, -0.15) is 0 Å². The molecular weight excluding hydrogens is 1600 g/mol. The van der Waals surface area contributed by atoms with E-state index in [0.29, 0.717) is 47.9 Å². The fourth-order valence-electron chi connectivity index (χ4n) is 13.1. The molecule has 668 valence electrons. The molecule has 8 amide bonds. The molecule has 0 aromatic heterocycles. The number of nitrogens with zero attached hydrogens (tertiary/aromatic N) is 2. The maximum atomic E-state index is 14.8. The molecule has 4 aliphatic rings. The summed E-state index contributed by atoms with van der Waals surface area (Å²) in [5, 5.41) is 21.7. The zero-order chi connectivity index (χ0) is 89.6. The molecule has 4 heterocycles. The number of nitrogens with one attached hydrogen (secondary N) is 8. The second kappa shape index (κ2) is 45.3. The number of carbonyl (C=O) groups excluding carboxylic acids is 12. The van der Waals surface area contributed by atoms with Gasteiger partial charge in [0.25, 0.3) is 0 Å². The molecular formula is C87H114N10O26. The van der Waals surface area contributed by atoms with Crippen molar-refractivity contribution in [3.8, 4) is 0 Å². The molecule has 36 heteroatoms. The highest BCUT2D eigenvalue weighted by atomic mass is 16.8. The molecule has 123 heavy (non-hydrogen) atoms. The molecule has 10 atom stereocenters. The predicted molar refractivity (Wildman–Crippen MR) is 442 cm³/mol. The largest absolute Gasteiger partial charge is 0.508 e. The topological polar surface area (TPSA) is 455 Å². The third kappa shape index (κ3) is 33.0. The van der Waals surface area contributed by atoms with Gasteiger partial charge < -0.3 is 98.2 Å². The second-order valence-corrected chi connectivity index (χ2v) is 33.3. The van der Waals surface area contributed by atoms with E-state index in [-0.39, 0.29) is 13.1 Å². The van der Waals surface area contributed by atoms with Crippen LogP contribution in [0.25, 0.3) is 0 Å². The van der Waals surface area contributed by atoms with Crippen LogP contribution >= 0.6 is 0 Å². The quantitative estimate of drug-likeness (QED) is 0.00740. The SMILES string of the molecule is CC(=O)N[C@H]1[C@H]([C@H](OC(=O)NCCCCCCCCCCCCCNC(=O)O[C@@H]([C@@H]2OC(C(=O)OC(c3ccccc3)c3ccccc3)=C[C@H](N/C(=N\C(=O)OC(C)(C)C)NC(=O)OC(C)(C)C)[C@H]2NC(C)=O)[C@H]2COC(=O)O2)[C@H]2COC(=O)O2)OC(C(=O)OC(c2ccccc2)c2ccccc2)=C[C@@H]1N/C(=N\C(=O)OC(C)(C)C)NC(=O)OC(C)(C)C. The van der Waals surface area contributed by atoms with Crippen molar-refractivity contribution >= 4 is 84.5 Å². The summed E-state index contributed by atoms with van der Waals surface area (Å²) in [5.74, 6) is -5.59. The van der Waals surface area contributed by atoms with Crippen molar-refractivity contribution in [3.63, 3.8) is 0 Å². The average molecular weight is 1720 g/mol.